The Bertz CT molecular complexity index is 975. The minimum atomic E-state index is -0.219. The molecule has 0 aliphatic carbocycles. The number of carbonyl (C=O) groups excluding carboxylic acids is 1. The van der Waals surface area contributed by atoms with Crippen molar-refractivity contribution >= 4 is 22.6 Å². The first-order valence-corrected chi connectivity index (χ1v) is 7.57. The van der Waals surface area contributed by atoms with Crippen molar-refractivity contribution in [3.63, 3.8) is 0 Å². The van der Waals surface area contributed by atoms with Crippen molar-refractivity contribution in [3.05, 3.63) is 84.7 Å². The number of hydrogen-bond acceptors (Lipinski definition) is 3. The summed E-state index contributed by atoms with van der Waals surface area (Å²) in [5, 5.41) is 8.39. The number of nitrogens with zero attached hydrogens (tertiary/aromatic N) is 3. The van der Waals surface area contributed by atoms with Crippen LogP contribution in [-0.4, -0.2) is 20.7 Å². The van der Waals surface area contributed by atoms with E-state index in [1.165, 1.54) is 0 Å². The van der Waals surface area contributed by atoms with E-state index in [9.17, 15) is 4.79 Å². The molecule has 4 rings (SSSR count). The van der Waals surface area contributed by atoms with E-state index in [-0.39, 0.29) is 5.91 Å². The molecule has 0 atom stereocenters. The second kappa shape index (κ2) is 5.96. The SMILES string of the molecule is O=C(Nc1ccccn1)c1ccccc1-n1cc2ccccc2n1. The van der Waals surface area contributed by atoms with E-state index < -0.39 is 0 Å². The largest absolute Gasteiger partial charge is 0.306 e. The monoisotopic (exact) mass is 314 g/mol. The number of hydrogen-bond donors (Lipinski definition) is 1. The summed E-state index contributed by atoms with van der Waals surface area (Å²) in [6.45, 7) is 0. The molecule has 0 aliphatic heterocycles. The van der Waals surface area contributed by atoms with Crippen molar-refractivity contribution in [3.8, 4) is 5.69 Å². The number of carbonyl (C=O) groups is 1. The van der Waals surface area contributed by atoms with Crippen LogP contribution in [0, 0.1) is 0 Å². The molecule has 4 aromatic rings. The van der Waals surface area contributed by atoms with Gasteiger partial charge in [0, 0.05) is 17.8 Å². The minimum Gasteiger partial charge on any atom is -0.306 e. The maximum absolute atomic E-state index is 12.6. The highest BCUT2D eigenvalue weighted by Crippen LogP contribution is 2.19. The molecular formula is C19H14N4O. The summed E-state index contributed by atoms with van der Waals surface area (Å²) in [5.41, 5.74) is 2.15. The van der Waals surface area contributed by atoms with Gasteiger partial charge in [-0.2, -0.15) is 5.10 Å². The molecule has 5 nitrogen and oxygen atoms in total. The van der Waals surface area contributed by atoms with Crippen molar-refractivity contribution in [1.29, 1.82) is 0 Å². The van der Waals surface area contributed by atoms with Crippen LogP contribution in [0.15, 0.2) is 79.1 Å². The molecule has 116 valence electrons. The van der Waals surface area contributed by atoms with Gasteiger partial charge in [0.05, 0.1) is 16.8 Å². The Morgan fingerprint density at radius 2 is 1.71 bits per heavy atom. The van der Waals surface area contributed by atoms with Crippen LogP contribution in [0.4, 0.5) is 5.82 Å². The smallest absolute Gasteiger partial charge is 0.259 e. The highest BCUT2D eigenvalue weighted by Gasteiger charge is 2.14. The molecule has 0 unspecified atom stereocenters. The predicted molar refractivity (Wildman–Crippen MR) is 93.3 cm³/mol. The summed E-state index contributed by atoms with van der Waals surface area (Å²) in [6.07, 6.45) is 3.56. The van der Waals surface area contributed by atoms with Gasteiger partial charge in [0.15, 0.2) is 0 Å². The van der Waals surface area contributed by atoms with Crippen LogP contribution in [0.5, 0.6) is 0 Å². The number of benzene rings is 2. The third kappa shape index (κ3) is 2.63. The van der Waals surface area contributed by atoms with Gasteiger partial charge in [-0.25, -0.2) is 9.67 Å². The molecule has 5 heteroatoms. The molecule has 0 saturated heterocycles. The van der Waals surface area contributed by atoms with Crippen molar-refractivity contribution in [2.75, 3.05) is 5.32 Å². The summed E-state index contributed by atoms with van der Waals surface area (Å²) in [6, 6.07) is 20.6. The first-order valence-electron chi connectivity index (χ1n) is 7.57. The Labute approximate surface area is 138 Å². The fraction of sp³-hybridized carbons (Fsp3) is 0. The van der Waals surface area contributed by atoms with Gasteiger partial charge in [0.25, 0.3) is 5.91 Å². The van der Waals surface area contributed by atoms with Gasteiger partial charge in [0.2, 0.25) is 0 Å². The molecule has 2 aromatic heterocycles. The first-order chi connectivity index (χ1) is 11.8. The van der Waals surface area contributed by atoms with Gasteiger partial charge >= 0.3 is 0 Å². The quantitative estimate of drug-likeness (QED) is 0.627. The lowest BCUT2D eigenvalue weighted by molar-refractivity contribution is 0.102. The zero-order valence-corrected chi connectivity index (χ0v) is 12.8. The zero-order chi connectivity index (χ0) is 16.4. The number of aromatic nitrogens is 3. The highest BCUT2D eigenvalue weighted by molar-refractivity contribution is 6.06. The summed E-state index contributed by atoms with van der Waals surface area (Å²) in [4.78, 5) is 16.8. The third-order valence-electron chi connectivity index (χ3n) is 3.72. The van der Waals surface area contributed by atoms with Crippen molar-refractivity contribution in [1.82, 2.24) is 14.8 Å². The number of nitrogens with one attached hydrogen (secondary N) is 1. The fourth-order valence-corrected chi connectivity index (χ4v) is 2.57. The van der Waals surface area contributed by atoms with Crippen LogP contribution in [0.25, 0.3) is 16.6 Å². The minimum absolute atomic E-state index is 0.219. The number of pyridine rings is 1. The van der Waals surface area contributed by atoms with Gasteiger partial charge in [0.1, 0.15) is 5.82 Å². The molecule has 0 aliphatic rings. The zero-order valence-electron chi connectivity index (χ0n) is 12.8. The van der Waals surface area contributed by atoms with Crippen LogP contribution in [-0.2, 0) is 0 Å². The molecule has 1 N–H and O–H groups in total. The average Bonchev–Trinajstić information content (AvgIpc) is 3.06. The lowest BCUT2D eigenvalue weighted by Crippen LogP contribution is -2.15. The summed E-state index contributed by atoms with van der Waals surface area (Å²) < 4.78 is 1.73. The topological polar surface area (TPSA) is 59.8 Å². The van der Waals surface area contributed by atoms with E-state index in [2.05, 4.69) is 15.4 Å². The molecule has 0 radical (unpaired) electrons. The molecule has 0 saturated carbocycles. The lowest BCUT2D eigenvalue weighted by atomic mass is 10.1. The second-order valence-corrected chi connectivity index (χ2v) is 5.32. The maximum atomic E-state index is 12.6. The van der Waals surface area contributed by atoms with Gasteiger partial charge in [-0.05, 0) is 30.3 Å². The maximum Gasteiger partial charge on any atom is 0.259 e. The molecular weight excluding hydrogens is 300 g/mol. The van der Waals surface area contributed by atoms with Gasteiger partial charge in [-0.15, -0.1) is 0 Å². The van der Waals surface area contributed by atoms with E-state index in [1.54, 1.807) is 29.1 Å². The molecule has 0 bridgehead atoms. The molecule has 2 heterocycles. The Balaban J connectivity index is 1.73. The number of anilines is 1. The Morgan fingerprint density at radius 3 is 2.54 bits per heavy atom. The summed E-state index contributed by atoms with van der Waals surface area (Å²) >= 11 is 0. The van der Waals surface area contributed by atoms with E-state index in [0.717, 1.165) is 16.6 Å². The van der Waals surface area contributed by atoms with Crippen LogP contribution in [0.1, 0.15) is 10.4 Å². The third-order valence-corrected chi connectivity index (χ3v) is 3.72. The Kier molecular flexibility index (Phi) is 3.51. The van der Waals surface area contributed by atoms with Crippen molar-refractivity contribution in [2.24, 2.45) is 0 Å². The predicted octanol–water partition coefficient (Wildman–Crippen LogP) is 3.67. The number of para-hydroxylation sites is 1. The normalized spacial score (nSPS) is 10.7. The van der Waals surface area contributed by atoms with Gasteiger partial charge in [-0.3, -0.25) is 4.79 Å². The van der Waals surface area contributed by atoms with E-state index in [0.29, 0.717) is 11.4 Å². The highest BCUT2D eigenvalue weighted by atomic mass is 16.1. The molecule has 0 spiro atoms. The van der Waals surface area contributed by atoms with Crippen LogP contribution < -0.4 is 5.32 Å². The lowest BCUT2D eigenvalue weighted by Gasteiger charge is -2.09. The molecule has 0 fully saturated rings. The van der Waals surface area contributed by atoms with Gasteiger partial charge in [-0.1, -0.05) is 36.4 Å². The average molecular weight is 314 g/mol. The van der Waals surface area contributed by atoms with Crippen molar-refractivity contribution in [2.45, 2.75) is 0 Å². The number of fused-ring (bicyclic) bond motifs is 1. The van der Waals surface area contributed by atoms with Crippen molar-refractivity contribution < 1.29 is 4.79 Å². The van der Waals surface area contributed by atoms with Crippen LogP contribution in [0.3, 0.4) is 0 Å². The Morgan fingerprint density at radius 1 is 0.917 bits per heavy atom. The second-order valence-electron chi connectivity index (χ2n) is 5.32. The number of rotatable bonds is 3. The number of amides is 1. The van der Waals surface area contributed by atoms with E-state index >= 15 is 0 Å². The molecule has 24 heavy (non-hydrogen) atoms. The fourth-order valence-electron chi connectivity index (χ4n) is 2.57. The molecule has 2 aromatic carbocycles. The van der Waals surface area contributed by atoms with E-state index in [1.807, 2.05) is 54.7 Å². The van der Waals surface area contributed by atoms with Crippen LogP contribution >= 0.6 is 0 Å². The molecule has 1 amide bonds. The van der Waals surface area contributed by atoms with Gasteiger partial charge < -0.3 is 5.32 Å². The Hall–Kier alpha value is -3.47. The van der Waals surface area contributed by atoms with E-state index in [4.69, 9.17) is 0 Å². The first kappa shape index (κ1) is 14.1. The summed E-state index contributed by atoms with van der Waals surface area (Å²) in [7, 11) is 0. The van der Waals surface area contributed by atoms with Crippen LogP contribution in [0.2, 0.25) is 0 Å². The standard InChI is InChI=1S/C19H14N4O/c24-19(21-18-11-5-6-12-20-18)15-8-2-4-10-17(15)23-13-14-7-1-3-9-16(14)22-23/h1-13H,(H,20,21,24). The summed E-state index contributed by atoms with van der Waals surface area (Å²) in [5.74, 6) is 0.298.